The lowest BCUT2D eigenvalue weighted by molar-refractivity contribution is 0.570. The van der Waals surface area contributed by atoms with Gasteiger partial charge in [0.15, 0.2) is 0 Å². The molecule has 1 aliphatic carbocycles. The molecule has 0 atom stereocenters. The Bertz CT molecular complexity index is 414. The van der Waals surface area contributed by atoms with E-state index in [0.717, 1.165) is 25.9 Å². The molecular formula is C14H18F2N2. The number of nitrogens with zero attached hydrogens (tertiary/aromatic N) is 1. The van der Waals surface area contributed by atoms with Crippen molar-refractivity contribution in [1.29, 1.82) is 0 Å². The van der Waals surface area contributed by atoms with Crippen LogP contribution in [0.5, 0.6) is 0 Å². The fraction of sp³-hybridized carbons (Fsp3) is 0.571. The van der Waals surface area contributed by atoms with Crippen molar-refractivity contribution in [3.05, 3.63) is 29.3 Å². The maximum absolute atomic E-state index is 14.0. The van der Waals surface area contributed by atoms with Crippen molar-refractivity contribution in [2.45, 2.75) is 38.3 Å². The van der Waals surface area contributed by atoms with Gasteiger partial charge in [-0.1, -0.05) is 0 Å². The highest BCUT2D eigenvalue weighted by molar-refractivity contribution is 5.51. The van der Waals surface area contributed by atoms with Gasteiger partial charge in [-0.3, -0.25) is 0 Å². The highest BCUT2D eigenvalue weighted by Gasteiger charge is 2.23. The summed E-state index contributed by atoms with van der Waals surface area (Å²) in [6, 6.07) is 3.48. The molecule has 1 aromatic carbocycles. The third-order valence-corrected chi connectivity index (χ3v) is 3.67. The lowest BCUT2D eigenvalue weighted by atomic mass is 10.1. The lowest BCUT2D eigenvalue weighted by Crippen LogP contribution is -2.21. The zero-order chi connectivity index (χ0) is 12.5. The van der Waals surface area contributed by atoms with E-state index in [0.29, 0.717) is 18.2 Å². The van der Waals surface area contributed by atoms with Gasteiger partial charge in [-0.2, -0.15) is 0 Å². The Morgan fingerprint density at radius 2 is 1.72 bits per heavy atom. The Morgan fingerprint density at radius 3 is 2.28 bits per heavy atom. The first kappa shape index (κ1) is 11.9. The van der Waals surface area contributed by atoms with Gasteiger partial charge in [-0.05, 0) is 43.4 Å². The Hall–Kier alpha value is -1.16. The second-order valence-corrected chi connectivity index (χ2v) is 5.26. The van der Waals surface area contributed by atoms with Crippen molar-refractivity contribution in [2.75, 3.05) is 18.0 Å². The van der Waals surface area contributed by atoms with Crippen LogP contribution in [0.1, 0.15) is 31.2 Å². The van der Waals surface area contributed by atoms with Crippen LogP contribution in [0.4, 0.5) is 14.5 Å². The summed E-state index contributed by atoms with van der Waals surface area (Å²) >= 11 is 0. The van der Waals surface area contributed by atoms with Crippen LogP contribution in [0.25, 0.3) is 0 Å². The summed E-state index contributed by atoms with van der Waals surface area (Å²) in [4.78, 5) is 1.81. The largest absolute Gasteiger partial charge is 0.367 e. The second-order valence-electron chi connectivity index (χ2n) is 5.26. The van der Waals surface area contributed by atoms with E-state index < -0.39 is 11.6 Å². The predicted octanol–water partition coefficient (Wildman–Crippen LogP) is 2.82. The number of benzene rings is 1. The number of hydrogen-bond acceptors (Lipinski definition) is 2. The molecule has 18 heavy (non-hydrogen) atoms. The van der Waals surface area contributed by atoms with E-state index in [1.165, 1.54) is 25.0 Å². The van der Waals surface area contributed by atoms with Crippen molar-refractivity contribution in [2.24, 2.45) is 0 Å². The van der Waals surface area contributed by atoms with Gasteiger partial charge in [-0.15, -0.1) is 0 Å². The zero-order valence-corrected chi connectivity index (χ0v) is 10.4. The Kier molecular flexibility index (Phi) is 3.20. The molecule has 0 radical (unpaired) electrons. The topological polar surface area (TPSA) is 15.3 Å². The van der Waals surface area contributed by atoms with Crippen molar-refractivity contribution in [1.82, 2.24) is 5.32 Å². The fourth-order valence-electron chi connectivity index (χ4n) is 2.51. The van der Waals surface area contributed by atoms with Crippen LogP contribution in [0, 0.1) is 11.6 Å². The standard InChI is InChI=1S/C14H18F2N2/c15-12-7-10(9-17-11-3-4-11)8-13(16)14(12)18-5-1-2-6-18/h7-8,11,17H,1-6,9H2. The van der Waals surface area contributed by atoms with Crippen molar-refractivity contribution in [3.8, 4) is 0 Å². The van der Waals surface area contributed by atoms with Crippen molar-refractivity contribution in [3.63, 3.8) is 0 Å². The summed E-state index contributed by atoms with van der Waals surface area (Å²) < 4.78 is 28.0. The van der Waals surface area contributed by atoms with Gasteiger partial charge >= 0.3 is 0 Å². The van der Waals surface area contributed by atoms with Crippen LogP contribution in [-0.4, -0.2) is 19.1 Å². The molecule has 0 unspecified atom stereocenters. The summed E-state index contributed by atoms with van der Waals surface area (Å²) in [7, 11) is 0. The SMILES string of the molecule is Fc1cc(CNC2CC2)cc(F)c1N1CCCC1. The first-order valence-corrected chi connectivity index (χ1v) is 6.70. The molecule has 4 heteroatoms. The quantitative estimate of drug-likeness (QED) is 0.886. The average molecular weight is 252 g/mol. The van der Waals surface area contributed by atoms with Gasteiger partial charge in [-0.25, -0.2) is 8.78 Å². The van der Waals surface area contributed by atoms with Crippen LogP contribution < -0.4 is 10.2 Å². The number of halogens is 2. The molecule has 3 rings (SSSR count). The molecule has 0 spiro atoms. The van der Waals surface area contributed by atoms with Gasteiger partial charge in [0.2, 0.25) is 0 Å². The Morgan fingerprint density at radius 1 is 1.11 bits per heavy atom. The molecule has 0 aromatic heterocycles. The van der Waals surface area contributed by atoms with E-state index in [4.69, 9.17) is 0 Å². The van der Waals surface area contributed by atoms with E-state index in [1.54, 1.807) is 0 Å². The predicted molar refractivity (Wildman–Crippen MR) is 67.7 cm³/mol. The summed E-state index contributed by atoms with van der Waals surface area (Å²) in [5.41, 5.74) is 0.850. The van der Waals surface area contributed by atoms with Crippen LogP contribution in [0.15, 0.2) is 12.1 Å². The Balaban J connectivity index is 1.77. The van der Waals surface area contributed by atoms with Crippen LogP contribution in [0.2, 0.25) is 0 Å². The van der Waals surface area contributed by atoms with E-state index >= 15 is 0 Å². The number of rotatable bonds is 4. The molecule has 1 N–H and O–H groups in total. The maximum atomic E-state index is 14.0. The lowest BCUT2D eigenvalue weighted by Gasteiger charge is -2.19. The maximum Gasteiger partial charge on any atom is 0.149 e. The molecule has 2 aliphatic rings. The highest BCUT2D eigenvalue weighted by Crippen LogP contribution is 2.28. The van der Waals surface area contributed by atoms with E-state index in [-0.39, 0.29) is 5.69 Å². The minimum absolute atomic E-state index is 0.155. The van der Waals surface area contributed by atoms with Crippen molar-refractivity contribution < 1.29 is 8.78 Å². The van der Waals surface area contributed by atoms with Gasteiger partial charge in [0.25, 0.3) is 0 Å². The number of anilines is 1. The molecular weight excluding hydrogens is 234 g/mol. The molecule has 1 saturated heterocycles. The second kappa shape index (κ2) is 4.84. The molecule has 1 aromatic rings. The van der Waals surface area contributed by atoms with E-state index in [2.05, 4.69) is 5.32 Å². The van der Waals surface area contributed by atoms with Gasteiger partial charge < -0.3 is 10.2 Å². The van der Waals surface area contributed by atoms with Crippen LogP contribution in [-0.2, 0) is 6.54 Å². The van der Waals surface area contributed by atoms with Crippen LogP contribution in [0.3, 0.4) is 0 Å². The minimum atomic E-state index is -0.426. The fourth-order valence-corrected chi connectivity index (χ4v) is 2.51. The van der Waals surface area contributed by atoms with Crippen LogP contribution >= 0.6 is 0 Å². The van der Waals surface area contributed by atoms with Gasteiger partial charge in [0.05, 0.1) is 0 Å². The molecule has 1 aliphatic heterocycles. The Labute approximate surface area is 106 Å². The van der Waals surface area contributed by atoms with Crippen molar-refractivity contribution >= 4 is 5.69 Å². The highest BCUT2D eigenvalue weighted by atomic mass is 19.1. The summed E-state index contributed by atoms with van der Waals surface area (Å²) in [5.74, 6) is -0.853. The summed E-state index contributed by atoms with van der Waals surface area (Å²) in [5, 5.41) is 3.27. The third-order valence-electron chi connectivity index (χ3n) is 3.67. The van der Waals surface area contributed by atoms with E-state index in [9.17, 15) is 8.78 Å². The number of nitrogens with one attached hydrogen (secondary N) is 1. The third kappa shape index (κ3) is 2.48. The normalized spacial score (nSPS) is 19.6. The smallest absolute Gasteiger partial charge is 0.149 e. The van der Waals surface area contributed by atoms with E-state index in [1.807, 2.05) is 4.90 Å². The molecule has 2 nitrogen and oxygen atoms in total. The van der Waals surface area contributed by atoms with Gasteiger partial charge in [0, 0.05) is 25.7 Å². The first-order chi connectivity index (χ1) is 8.74. The van der Waals surface area contributed by atoms with Gasteiger partial charge in [0.1, 0.15) is 17.3 Å². The average Bonchev–Trinajstić information content (AvgIpc) is 3.01. The summed E-state index contributed by atoms with van der Waals surface area (Å²) in [6.07, 6.45) is 4.39. The monoisotopic (exact) mass is 252 g/mol. The molecule has 1 heterocycles. The molecule has 98 valence electrons. The number of hydrogen-bond donors (Lipinski definition) is 1. The summed E-state index contributed by atoms with van der Waals surface area (Å²) in [6.45, 7) is 2.07. The first-order valence-electron chi connectivity index (χ1n) is 6.70. The minimum Gasteiger partial charge on any atom is -0.367 e. The molecule has 0 bridgehead atoms. The zero-order valence-electron chi connectivity index (χ0n) is 10.4. The molecule has 2 fully saturated rings. The molecule has 1 saturated carbocycles. The molecule has 0 amide bonds.